The average molecular weight is 328 g/mol. The van der Waals surface area contributed by atoms with E-state index in [2.05, 4.69) is 38.8 Å². The Balaban J connectivity index is 1.65. The molecule has 0 aliphatic carbocycles. The van der Waals surface area contributed by atoms with Gasteiger partial charge in [0.25, 0.3) is 0 Å². The second kappa shape index (κ2) is 6.49. The number of nitrogens with zero attached hydrogens (tertiary/aromatic N) is 3. The van der Waals surface area contributed by atoms with E-state index in [9.17, 15) is 0 Å². The van der Waals surface area contributed by atoms with Gasteiger partial charge in [-0.2, -0.15) is 0 Å². The summed E-state index contributed by atoms with van der Waals surface area (Å²) in [6.45, 7) is 0. The highest BCUT2D eigenvalue weighted by molar-refractivity contribution is 5.82. The van der Waals surface area contributed by atoms with Crippen LogP contribution in [0.15, 0.2) is 73.1 Å². The number of aromatic nitrogens is 3. The maximum absolute atomic E-state index is 6.41. The van der Waals surface area contributed by atoms with Crippen LogP contribution in [-0.2, 0) is 13.5 Å². The van der Waals surface area contributed by atoms with E-state index < -0.39 is 0 Å². The molecular formula is C21H20N4. The summed E-state index contributed by atoms with van der Waals surface area (Å²) in [4.78, 5) is 9.13. The van der Waals surface area contributed by atoms with Gasteiger partial charge in [-0.25, -0.2) is 4.98 Å². The largest absolute Gasteiger partial charge is 0.330 e. The molecule has 4 nitrogen and oxygen atoms in total. The zero-order valence-corrected chi connectivity index (χ0v) is 14.1. The normalized spacial score (nSPS) is 12.4. The minimum Gasteiger partial charge on any atom is -0.330 e. The summed E-state index contributed by atoms with van der Waals surface area (Å²) < 4.78 is 2.07. The van der Waals surface area contributed by atoms with Gasteiger partial charge >= 0.3 is 0 Å². The van der Waals surface area contributed by atoms with Gasteiger partial charge in [0.05, 0.1) is 23.4 Å². The molecule has 4 heteroatoms. The van der Waals surface area contributed by atoms with Gasteiger partial charge < -0.3 is 10.3 Å². The minimum absolute atomic E-state index is 0.144. The van der Waals surface area contributed by atoms with Crippen LogP contribution < -0.4 is 5.73 Å². The molecule has 0 spiro atoms. The summed E-state index contributed by atoms with van der Waals surface area (Å²) in [5.74, 6) is 0.881. The highest BCUT2D eigenvalue weighted by Crippen LogP contribution is 2.25. The van der Waals surface area contributed by atoms with Crippen molar-refractivity contribution >= 4 is 10.9 Å². The van der Waals surface area contributed by atoms with Gasteiger partial charge in [0.2, 0.25) is 0 Å². The molecule has 1 atom stereocenters. The van der Waals surface area contributed by atoms with Crippen molar-refractivity contribution in [2.24, 2.45) is 12.8 Å². The molecule has 4 rings (SSSR count). The average Bonchev–Trinajstić information content (AvgIpc) is 3.04. The summed E-state index contributed by atoms with van der Waals surface area (Å²) in [6, 6.07) is 20.4. The molecule has 4 aromatic rings. The monoisotopic (exact) mass is 328 g/mol. The smallest absolute Gasteiger partial charge is 0.126 e. The predicted molar refractivity (Wildman–Crippen MR) is 101 cm³/mol. The maximum Gasteiger partial charge on any atom is 0.126 e. The second-order valence-electron chi connectivity index (χ2n) is 6.27. The van der Waals surface area contributed by atoms with Crippen molar-refractivity contribution in [1.29, 1.82) is 0 Å². The number of rotatable bonds is 4. The first-order valence-corrected chi connectivity index (χ1v) is 8.38. The van der Waals surface area contributed by atoms with E-state index in [-0.39, 0.29) is 6.04 Å². The van der Waals surface area contributed by atoms with Gasteiger partial charge in [0.1, 0.15) is 5.82 Å². The lowest BCUT2D eigenvalue weighted by Gasteiger charge is -2.13. The molecule has 2 heterocycles. The first-order chi connectivity index (χ1) is 12.2. The summed E-state index contributed by atoms with van der Waals surface area (Å²) in [6.07, 6.45) is 4.54. The van der Waals surface area contributed by atoms with Crippen LogP contribution in [0, 0.1) is 0 Å². The van der Waals surface area contributed by atoms with Gasteiger partial charge in [0, 0.05) is 24.2 Å². The highest BCUT2D eigenvalue weighted by Gasteiger charge is 2.16. The fourth-order valence-corrected chi connectivity index (χ4v) is 3.21. The maximum atomic E-state index is 6.41. The minimum atomic E-state index is -0.144. The number of nitrogens with two attached hydrogens (primary N) is 1. The van der Waals surface area contributed by atoms with E-state index in [0.29, 0.717) is 0 Å². The molecular weight excluding hydrogens is 308 g/mol. The number of hydrogen-bond acceptors (Lipinski definition) is 3. The van der Waals surface area contributed by atoms with Gasteiger partial charge in [0.15, 0.2) is 0 Å². The SMILES string of the molecule is Cn1c(-c2cnc3ccccc3c2)cnc1[C@@H](N)Cc1ccccc1. The van der Waals surface area contributed by atoms with Crippen LogP contribution in [0.4, 0.5) is 0 Å². The molecule has 2 aromatic carbocycles. The Morgan fingerprint density at radius 3 is 2.56 bits per heavy atom. The quantitative estimate of drug-likeness (QED) is 0.618. The zero-order chi connectivity index (χ0) is 17.2. The van der Waals surface area contributed by atoms with Crippen molar-refractivity contribution in [2.75, 3.05) is 0 Å². The third-order valence-corrected chi connectivity index (χ3v) is 4.54. The fraction of sp³-hybridized carbons (Fsp3) is 0.143. The van der Waals surface area contributed by atoms with Crippen molar-refractivity contribution in [1.82, 2.24) is 14.5 Å². The first kappa shape index (κ1) is 15.5. The van der Waals surface area contributed by atoms with E-state index in [1.807, 2.05) is 55.8 Å². The molecule has 0 bridgehead atoms. The third-order valence-electron chi connectivity index (χ3n) is 4.54. The molecule has 2 N–H and O–H groups in total. The lowest BCUT2D eigenvalue weighted by Crippen LogP contribution is -2.18. The first-order valence-electron chi connectivity index (χ1n) is 8.38. The molecule has 0 amide bonds. The number of fused-ring (bicyclic) bond motifs is 1. The van der Waals surface area contributed by atoms with Crippen molar-refractivity contribution in [2.45, 2.75) is 12.5 Å². The van der Waals surface area contributed by atoms with Gasteiger partial charge in [-0.1, -0.05) is 48.5 Å². The summed E-state index contributed by atoms with van der Waals surface area (Å²) >= 11 is 0. The summed E-state index contributed by atoms with van der Waals surface area (Å²) in [5.41, 5.74) is 10.7. The Bertz CT molecular complexity index is 1000. The fourth-order valence-electron chi connectivity index (χ4n) is 3.21. The molecule has 0 aliphatic heterocycles. The van der Waals surface area contributed by atoms with Gasteiger partial charge in [-0.3, -0.25) is 4.98 Å². The second-order valence-corrected chi connectivity index (χ2v) is 6.27. The number of para-hydroxylation sites is 1. The van der Waals surface area contributed by atoms with E-state index in [1.165, 1.54) is 5.56 Å². The standard InChI is InChI=1S/C21H20N4/c1-25-20(17-12-16-9-5-6-10-19(16)23-13-17)14-24-21(25)18(22)11-15-7-3-2-4-8-15/h2-10,12-14,18H,11,22H2,1H3/t18-/m0/s1. The van der Waals surface area contributed by atoms with Crippen molar-refractivity contribution in [3.8, 4) is 11.3 Å². The van der Waals surface area contributed by atoms with E-state index >= 15 is 0 Å². The zero-order valence-electron chi connectivity index (χ0n) is 14.1. The Hall–Kier alpha value is -2.98. The third kappa shape index (κ3) is 3.04. The van der Waals surface area contributed by atoms with Crippen LogP contribution in [-0.4, -0.2) is 14.5 Å². The lowest BCUT2D eigenvalue weighted by atomic mass is 10.1. The van der Waals surface area contributed by atoms with Gasteiger partial charge in [-0.15, -0.1) is 0 Å². The van der Waals surface area contributed by atoms with Gasteiger partial charge in [-0.05, 0) is 24.1 Å². The molecule has 0 saturated carbocycles. The molecule has 25 heavy (non-hydrogen) atoms. The molecule has 0 radical (unpaired) electrons. The topological polar surface area (TPSA) is 56.7 Å². The van der Waals surface area contributed by atoms with Crippen LogP contribution in [0.2, 0.25) is 0 Å². The Morgan fingerprint density at radius 2 is 1.72 bits per heavy atom. The van der Waals surface area contributed by atoms with Crippen molar-refractivity contribution in [3.05, 3.63) is 84.4 Å². The van der Waals surface area contributed by atoms with Crippen LogP contribution in [0.3, 0.4) is 0 Å². The summed E-state index contributed by atoms with van der Waals surface area (Å²) in [5, 5.41) is 1.12. The lowest BCUT2D eigenvalue weighted by molar-refractivity contribution is 0.634. The number of pyridine rings is 1. The molecule has 0 unspecified atom stereocenters. The molecule has 0 aliphatic rings. The van der Waals surface area contributed by atoms with E-state index in [1.54, 1.807) is 0 Å². The van der Waals surface area contributed by atoms with Crippen LogP contribution in [0.25, 0.3) is 22.2 Å². The number of hydrogen-bond donors (Lipinski definition) is 1. The Kier molecular flexibility index (Phi) is 4.04. The molecule has 2 aromatic heterocycles. The predicted octanol–water partition coefficient (Wildman–Crippen LogP) is 3.88. The van der Waals surface area contributed by atoms with Crippen molar-refractivity contribution < 1.29 is 0 Å². The van der Waals surface area contributed by atoms with Crippen LogP contribution in [0.1, 0.15) is 17.4 Å². The molecule has 0 fully saturated rings. The Labute approximate surface area is 147 Å². The number of imidazole rings is 1. The Morgan fingerprint density at radius 1 is 0.960 bits per heavy atom. The molecule has 0 saturated heterocycles. The summed E-state index contributed by atoms with van der Waals surface area (Å²) in [7, 11) is 2.01. The van der Waals surface area contributed by atoms with E-state index in [0.717, 1.165) is 34.4 Å². The number of benzene rings is 2. The van der Waals surface area contributed by atoms with E-state index in [4.69, 9.17) is 5.73 Å². The van der Waals surface area contributed by atoms with Crippen LogP contribution >= 0.6 is 0 Å². The van der Waals surface area contributed by atoms with Crippen LogP contribution in [0.5, 0.6) is 0 Å². The molecule has 124 valence electrons. The highest BCUT2D eigenvalue weighted by atomic mass is 15.1. The van der Waals surface area contributed by atoms with Crippen molar-refractivity contribution in [3.63, 3.8) is 0 Å².